The summed E-state index contributed by atoms with van der Waals surface area (Å²) in [5.41, 5.74) is -0.569. The summed E-state index contributed by atoms with van der Waals surface area (Å²) in [7, 11) is 0. The fraction of sp³-hybridized carbons (Fsp3) is 0.520. The Labute approximate surface area is 219 Å². The number of nitrogens with one attached hydrogen (secondary N) is 3. The standard InChI is InChI=1S/C25H24ClF4N5O3/c26-16-6-17(27)14-5-18(34-20(14)19(16)28)24(38)35-10-12-7-25(29,30)8-15(12)21(35)23(37)33-13(9-31)4-11-2-1-3-32-22(11)36/h5-6,11-13,15,21,34H,1-4,7-8,10H2,(H,32,36)(H,33,37)/t11-,12+,13+,15+,21+/m0/s1. The van der Waals surface area contributed by atoms with Crippen molar-refractivity contribution in [2.45, 2.75) is 50.1 Å². The number of halogens is 5. The second-order valence-corrected chi connectivity index (χ2v) is 10.7. The first-order valence-electron chi connectivity index (χ1n) is 12.3. The number of hydrogen-bond acceptors (Lipinski definition) is 4. The lowest BCUT2D eigenvalue weighted by molar-refractivity contribution is -0.129. The Hall–Kier alpha value is -3.33. The highest BCUT2D eigenvalue weighted by Crippen LogP contribution is 2.50. The van der Waals surface area contributed by atoms with Gasteiger partial charge in [0.1, 0.15) is 23.6 Å². The molecule has 2 aliphatic heterocycles. The van der Waals surface area contributed by atoms with E-state index in [1.165, 1.54) is 0 Å². The maximum atomic E-state index is 14.5. The molecule has 1 aromatic carbocycles. The summed E-state index contributed by atoms with van der Waals surface area (Å²) in [5, 5.41) is 14.2. The zero-order chi connectivity index (χ0) is 27.4. The van der Waals surface area contributed by atoms with Crippen molar-refractivity contribution in [3.8, 4) is 6.07 Å². The molecule has 0 bridgehead atoms. The number of aromatic nitrogens is 1. The molecule has 5 rings (SSSR count). The predicted octanol–water partition coefficient (Wildman–Crippen LogP) is 3.51. The van der Waals surface area contributed by atoms with E-state index >= 15 is 0 Å². The summed E-state index contributed by atoms with van der Waals surface area (Å²) in [6.45, 7) is 0.365. The molecule has 1 aromatic heterocycles. The molecule has 5 atom stereocenters. The number of carbonyl (C=O) groups excluding carboxylic acids is 3. The number of piperidine rings is 1. The molecule has 202 valence electrons. The molecule has 1 aliphatic carbocycles. The lowest BCUT2D eigenvalue weighted by Gasteiger charge is -2.29. The molecule has 2 saturated heterocycles. The Balaban J connectivity index is 1.41. The first-order valence-corrected chi connectivity index (χ1v) is 12.7. The fourth-order valence-corrected chi connectivity index (χ4v) is 6.24. The first-order chi connectivity index (χ1) is 18.0. The number of carbonyl (C=O) groups is 3. The van der Waals surface area contributed by atoms with Crippen molar-refractivity contribution in [1.29, 1.82) is 5.26 Å². The normalized spacial score (nSPS) is 27.1. The summed E-state index contributed by atoms with van der Waals surface area (Å²) < 4.78 is 57.3. The van der Waals surface area contributed by atoms with E-state index in [2.05, 4.69) is 15.6 Å². The van der Waals surface area contributed by atoms with Gasteiger partial charge in [-0.2, -0.15) is 5.26 Å². The third-order valence-electron chi connectivity index (χ3n) is 7.78. The van der Waals surface area contributed by atoms with E-state index in [0.717, 1.165) is 23.5 Å². The smallest absolute Gasteiger partial charge is 0.271 e. The Kier molecular flexibility index (Phi) is 6.75. The van der Waals surface area contributed by atoms with Crippen LogP contribution in [0.15, 0.2) is 12.1 Å². The number of likely N-dealkylation sites (tertiary alicyclic amines) is 1. The van der Waals surface area contributed by atoms with Crippen molar-refractivity contribution in [3.63, 3.8) is 0 Å². The van der Waals surface area contributed by atoms with E-state index in [1.54, 1.807) is 0 Å². The van der Waals surface area contributed by atoms with E-state index in [9.17, 15) is 37.2 Å². The van der Waals surface area contributed by atoms with Gasteiger partial charge in [-0.25, -0.2) is 17.6 Å². The largest absolute Gasteiger partial charge is 0.356 e. The number of alkyl halides is 2. The van der Waals surface area contributed by atoms with Crippen LogP contribution in [0.1, 0.15) is 42.6 Å². The second kappa shape index (κ2) is 9.76. The minimum absolute atomic E-state index is 0.0420. The summed E-state index contributed by atoms with van der Waals surface area (Å²) >= 11 is 5.70. The van der Waals surface area contributed by atoms with E-state index in [4.69, 9.17) is 11.6 Å². The number of aromatic amines is 1. The quantitative estimate of drug-likeness (QED) is 0.388. The van der Waals surface area contributed by atoms with Crippen LogP contribution >= 0.6 is 11.6 Å². The molecule has 3 fully saturated rings. The molecule has 3 heterocycles. The van der Waals surface area contributed by atoms with Crippen LogP contribution in [0.25, 0.3) is 10.9 Å². The monoisotopic (exact) mass is 553 g/mol. The Morgan fingerprint density at radius 1 is 1.29 bits per heavy atom. The highest BCUT2D eigenvalue weighted by atomic mass is 35.5. The van der Waals surface area contributed by atoms with Gasteiger partial charge < -0.3 is 20.5 Å². The second-order valence-electron chi connectivity index (χ2n) is 10.3. The van der Waals surface area contributed by atoms with E-state index < -0.39 is 77.1 Å². The number of H-pyrrole nitrogens is 1. The number of nitrogens with zero attached hydrogens (tertiary/aromatic N) is 2. The van der Waals surface area contributed by atoms with Crippen molar-refractivity contribution in [2.75, 3.05) is 13.1 Å². The zero-order valence-electron chi connectivity index (χ0n) is 20.0. The topological polar surface area (TPSA) is 118 Å². The number of rotatable bonds is 5. The van der Waals surface area contributed by atoms with Crippen molar-refractivity contribution < 1.29 is 31.9 Å². The van der Waals surface area contributed by atoms with E-state index in [0.29, 0.717) is 13.0 Å². The van der Waals surface area contributed by atoms with Gasteiger partial charge in [-0.1, -0.05) is 11.6 Å². The fourth-order valence-electron chi connectivity index (χ4n) is 6.05. The Bertz CT molecular complexity index is 1360. The van der Waals surface area contributed by atoms with Gasteiger partial charge in [0.25, 0.3) is 5.91 Å². The molecule has 2 aromatic rings. The molecular formula is C25H24ClF4N5O3. The number of fused-ring (bicyclic) bond motifs is 2. The molecule has 8 nitrogen and oxygen atoms in total. The van der Waals surface area contributed by atoms with Crippen LogP contribution in [0.5, 0.6) is 0 Å². The van der Waals surface area contributed by atoms with Crippen LogP contribution in [-0.2, 0) is 9.59 Å². The summed E-state index contributed by atoms with van der Waals surface area (Å²) in [6.07, 6.45) is 0.180. The highest BCUT2D eigenvalue weighted by Gasteiger charge is 2.58. The Morgan fingerprint density at radius 3 is 2.76 bits per heavy atom. The molecule has 0 unspecified atom stereocenters. The van der Waals surface area contributed by atoms with Crippen LogP contribution in [0, 0.1) is 40.7 Å². The van der Waals surface area contributed by atoms with Crippen LogP contribution in [0.2, 0.25) is 5.02 Å². The van der Waals surface area contributed by atoms with Gasteiger partial charge in [0.15, 0.2) is 5.82 Å². The lowest BCUT2D eigenvalue weighted by Crippen LogP contribution is -2.52. The van der Waals surface area contributed by atoms with E-state index in [1.807, 2.05) is 6.07 Å². The first kappa shape index (κ1) is 26.3. The van der Waals surface area contributed by atoms with Crippen molar-refractivity contribution in [1.82, 2.24) is 20.5 Å². The average Bonchev–Trinajstić information content (AvgIpc) is 3.53. The number of nitriles is 1. The number of benzene rings is 1. The molecule has 1 saturated carbocycles. The van der Waals surface area contributed by atoms with Gasteiger partial charge in [0.05, 0.1) is 16.6 Å². The molecular weight excluding hydrogens is 530 g/mol. The van der Waals surface area contributed by atoms with Gasteiger partial charge in [-0.05, 0) is 43.2 Å². The van der Waals surface area contributed by atoms with Crippen molar-refractivity contribution in [2.24, 2.45) is 17.8 Å². The SMILES string of the molecule is N#C[C@@H](C[C@@H]1CCCNC1=O)NC(=O)[C@H]1[C@@H]2CC(F)(F)C[C@@H]2CN1C(=O)c1cc2c(F)cc(Cl)c(F)c2[nH]1. The number of hydrogen-bond donors (Lipinski definition) is 3. The average molecular weight is 554 g/mol. The molecule has 3 amide bonds. The molecule has 3 N–H and O–H groups in total. The third kappa shape index (κ3) is 4.68. The third-order valence-corrected chi connectivity index (χ3v) is 8.06. The maximum Gasteiger partial charge on any atom is 0.271 e. The van der Waals surface area contributed by atoms with Gasteiger partial charge in [-0.3, -0.25) is 14.4 Å². The molecule has 3 aliphatic rings. The molecule has 0 radical (unpaired) electrons. The summed E-state index contributed by atoms with van der Waals surface area (Å²) in [5.74, 6) is -8.69. The minimum atomic E-state index is -3.01. The van der Waals surface area contributed by atoms with Gasteiger partial charge in [0, 0.05) is 37.2 Å². The number of amides is 3. The minimum Gasteiger partial charge on any atom is -0.356 e. The van der Waals surface area contributed by atoms with Crippen LogP contribution < -0.4 is 10.6 Å². The summed E-state index contributed by atoms with van der Waals surface area (Å²) in [6, 6.07) is 1.40. The van der Waals surface area contributed by atoms with Crippen LogP contribution in [0.4, 0.5) is 17.6 Å². The lowest BCUT2D eigenvalue weighted by atomic mass is 9.90. The van der Waals surface area contributed by atoms with Crippen LogP contribution in [0.3, 0.4) is 0 Å². The molecule has 38 heavy (non-hydrogen) atoms. The zero-order valence-corrected chi connectivity index (χ0v) is 20.8. The highest BCUT2D eigenvalue weighted by molar-refractivity contribution is 6.31. The van der Waals surface area contributed by atoms with Crippen molar-refractivity contribution in [3.05, 3.63) is 34.5 Å². The molecule has 13 heteroatoms. The van der Waals surface area contributed by atoms with E-state index in [-0.39, 0.29) is 35.5 Å². The maximum absolute atomic E-state index is 14.5. The van der Waals surface area contributed by atoms with Gasteiger partial charge in [0.2, 0.25) is 17.7 Å². The summed E-state index contributed by atoms with van der Waals surface area (Å²) in [4.78, 5) is 42.6. The van der Waals surface area contributed by atoms with Gasteiger partial charge >= 0.3 is 0 Å². The Morgan fingerprint density at radius 2 is 2.05 bits per heavy atom. The van der Waals surface area contributed by atoms with Gasteiger partial charge in [-0.15, -0.1) is 0 Å². The predicted molar refractivity (Wildman–Crippen MR) is 127 cm³/mol. The van der Waals surface area contributed by atoms with Crippen molar-refractivity contribution >= 4 is 40.2 Å². The van der Waals surface area contributed by atoms with Crippen LogP contribution in [-0.4, -0.2) is 58.7 Å². The molecule has 0 spiro atoms.